The van der Waals surface area contributed by atoms with Crippen molar-refractivity contribution in [3.8, 4) is 5.75 Å². The maximum atomic E-state index is 13.3. The number of nitrogens with two attached hydrogens (primary N) is 1. The summed E-state index contributed by atoms with van der Waals surface area (Å²) in [7, 11) is 0. The van der Waals surface area contributed by atoms with Crippen LogP contribution in [0.3, 0.4) is 0 Å². The average Bonchev–Trinajstić information content (AvgIpc) is 2.30. The minimum absolute atomic E-state index is 0.173. The number of nitrogens with one attached hydrogen (secondary N) is 1. The minimum atomic E-state index is -0.884. The van der Waals surface area contributed by atoms with Crippen LogP contribution < -0.4 is 16.0 Å². The first-order valence-electron chi connectivity index (χ1n) is 5.20. The number of hydrogen-bond acceptors (Lipinski definition) is 3. The number of rotatable bonds is 5. The Morgan fingerprint density at radius 2 is 2.24 bits per heavy atom. The van der Waals surface area contributed by atoms with Gasteiger partial charge in [0.05, 0.1) is 0 Å². The highest BCUT2D eigenvalue weighted by atomic mass is 19.1. The summed E-state index contributed by atoms with van der Waals surface area (Å²) in [6.45, 7) is 1.85. The molecule has 1 aromatic rings. The number of halogens is 2. The van der Waals surface area contributed by atoms with E-state index in [1.807, 2.05) is 12.3 Å². The second-order valence-corrected chi connectivity index (χ2v) is 3.48. The molecule has 0 bridgehead atoms. The van der Waals surface area contributed by atoms with E-state index in [1.165, 1.54) is 0 Å². The first kappa shape index (κ1) is 13.4. The molecule has 0 spiro atoms. The van der Waals surface area contributed by atoms with Crippen LogP contribution in [0.5, 0.6) is 5.75 Å². The number of ether oxygens (including phenoxy) is 1. The second kappa shape index (κ2) is 6.15. The Bertz CT molecular complexity index is 399. The van der Waals surface area contributed by atoms with Crippen LogP contribution in [0, 0.1) is 11.6 Å². The third-order valence-electron chi connectivity index (χ3n) is 2.15. The molecule has 0 fully saturated rings. The van der Waals surface area contributed by atoms with Crippen molar-refractivity contribution in [3.63, 3.8) is 0 Å². The zero-order valence-corrected chi connectivity index (χ0v) is 9.37. The molecule has 0 aliphatic carbocycles. The third kappa shape index (κ3) is 3.67. The zero-order valence-electron chi connectivity index (χ0n) is 9.37. The molecule has 0 aromatic heterocycles. The van der Waals surface area contributed by atoms with Gasteiger partial charge in [0, 0.05) is 6.07 Å². The van der Waals surface area contributed by atoms with Crippen LogP contribution in [0.25, 0.3) is 0 Å². The highest BCUT2D eigenvalue weighted by Crippen LogP contribution is 2.20. The van der Waals surface area contributed by atoms with E-state index >= 15 is 0 Å². The first-order chi connectivity index (χ1) is 8.08. The fourth-order valence-corrected chi connectivity index (χ4v) is 1.32. The Morgan fingerprint density at radius 3 is 2.76 bits per heavy atom. The molecule has 17 heavy (non-hydrogen) atoms. The summed E-state index contributed by atoms with van der Waals surface area (Å²) in [5.74, 6) is 2.71. The monoisotopic (exact) mass is 244 g/mol. The van der Waals surface area contributed by atoms with Gasteiger partial charge in [-0.3, -0.25) is 10.2 Å². The summed E-state index contributed by atoms with van der Waals surface area (Å²) in [4.78, 5) is 11.3. The molecule has 1 rings (SSSR count). The van der Waals surface area contributed by atoms with E-state index in [0.717, 1.165) is 12.1 Å². The predicted molar refractivity (Wildman–Crippen MR) is 58.0 cm³/mol. The van der Waals surface area contributed by atoms with Gasteiger partial charge in [0.2, 0.25) is 0 Å². The lowest BCUT2D eigenvalue weighted by Gasteiger charge is -2.17. The fraction of sp³-hybridized carbons (Fsp3) is 0.364. The van der Waals surface area contributed by atoms with Gasteiger partial charge < -0.3 is 4.74 Å². The molecular formula is C11H14F2N2O2. The highest BCUT2D eigenvalue weighted by Gasteiger charge is 2.20. The molecule has 94 valence electrons. The molecule has 1 aromatic carbocycles. The molecule has 1 unspecified atom stereocenters. The molecule has 1 atom stereocenters. The van der Waals surface area contributed by atoms with Crippen LogP contribution in [0.2, 0.25) is 0 Å². The van der Waals surface area contributed by atoms with Crippen LogP contribution in [0.1, 0.15) is 19.8 Å². The molecule has 1 amide bonds. The molecule has 0 radical (unpaired) electrons. The molecule has 0 saturated heterocycles. The van der Waals surface area contributed by atoms with Crippen molar-refractivity contribution in [2.45, 2.75) is 25.9 Å². The van der Waals surface area contributed by atoms with E-state index < -0.39 is 23.6 Å². The maximum absolute atomic E-state index is 13.3. The Kier molecular flexibility index (Phi) is 4.84. The van der Waals surface area contributed by atoms with Gasteiger partial charge in [-0.15, -0.1) is 0 Å². The van der Waals surface area contributed by atoms with Gasteiger partial charge in [-0.2, -0.15) is 0 Å². The van der Waals surface area contributed by atoms with Crippen molar-refractivity contribution in [2.75, 3.05) is 0 Å². The van der Waals surface area contributed by atoms with E-state index in [2.05, 4.69) is 0 Å². The number of carbonyl (C=O) groups excluding carboxylic acids is 1. The quantitative estimate of drug-likeness (QED) is 0.468. The van der Waals surface area contributed by atoms with Gasteiger partial charge in [-0.05, 0) is 18.6 Å². The lowest BCUT2D eigenvalue weighted by atomic mass is 10.2. The summed E-state index contributed by atoms with van der Waals surface area (Å²) < 4.78 is 31.1. The van der Waals surface area contributed by atoms with Gasteiger partial charge in [-0.25, -0.2) is 14.6 Å². The Balaban J connectivity index is 2.82. The summed E-state index contributed by atoms with van der Waals surface area (Å²) in [6, 6.07) is 2.89. The van der Waals surface area contributed by atoms with Crippen LogP contribution in [-0.2, 0) is 4.79 Å². The van der Waals surface area contributed by atoms with Crippen LogP contribution in [0.4, 0.5) is 8.78 Å². The largest absolute Gasteiger partial charge is 0.477 e. The molecule has 0 aliphatic heterocycles. The summed E-state index contributed by atoms with van der Waals surface area (Å²) in [6.07, 6.45) is 0.172. The van der Waals surface area contributed by atoms with E-state index in [1.54, 1.807) is 0 Å². The second-order valence-electron chi connectivity index (χ2n) is 3.48. The summed E-state index contributed by atoms with van der Waals surface area (Å²) in [5.41, 5.74) is 1.94. The molecule has 0 heterocycles. The summed E-state index contributed by atoms with van der Waals surface area (Å²) >= 11 is 0. The van der Waals surface area contributed by atoms with Crippen molar-refractivity contribution < 1.29 is 18.3 Å². The number of benzene rings is 1. The lowest BCUT2D eigenvalue weighted by molar-refractivity contribution is -0.128. The summed E-state index contributed by atoms with van der Waals surface area (Å²) in [5, 5.41) is 0. The van der Waals surface area contributed by atoms with Gasteiger partial charge in [-0.1, -0.05) is 13.3 Å². The van der Waals surface area contributed by atoms with Crippen molar-refractivity contribution in [1.29, 1.82) is 0 Å². The Hall–Kier alpha value is -1.69. The van der Waals surface area contributed by atoms with E-state index in [-0.39, 0.29) is 5.75 Å². The van der Waals surface area contributed by atoms with Crippen molar-refractivity contribution >= 4 is 5.91 Å². The smallest absolute Gasteiger partial charge is 0.274 e. The third-order valence-corrected chi connectivity index (χ3v) is 2.15. The van der Waals surface area contributed by atoms with Gasteiger partial charge in [0.15, 0.2) is 17.7 Å². The zero-order chi connectivity index (χ0) is 12.8. The molecule has 6 heteroatoms. The first-order valence-corrected chi connectivity index (χ1v) is 5.20. The van der Waals surface area contributed by atoms with Gasteiger partial charge in [0.1, 0.15) is 5.82 Å². The van der Waals surface area contributed by atoms with Gasteiger partial charge in [0.25, 0.3) is 5.91 Å². The highest BCUT2D eigenvalue weighted by molar-refractivity contribution is 5.80. The molecule has 0 saturated carbocycles. The number of amides is 1. The number of hydrogen-bond donors (Lipinski definition) is 2. The van der Waals surface area contributed by atoms with Crippen molar-refractivity contribution in [2.24, 2.45) is 5.84 Å². The molecule has 4 nitrogen and oxygen atoms in total. The van der Waals surface area contributed by atoms with E-state index in [4.69, 9.17) is 10.6 Å². The van der Waals surface area contributed by atoms with Gasteiger partial charge >= 0.3 is 0 Å². The maximum Gasteiger partial charge on any atom is 0.274 e. The molecule has 3 N–H and O–H groups in total. The number of hydrazine groups is 1. The van der Waals surface area contributed by atoms with E-state index in [0.29, 0.717) is 18.9 Å². The topological polar surface area (TPSA) is 64.3 Å². The van der Waals surface area contributed by atoms with Crippen LogP contribution >= 0.6 is 0 Å². The number of carbonyl (C=O) groups is 1. The SMILES string of the molecule is CCCC(Oc1ccc(F)cc1F)C(=O)NN. The van der Waals surface area contributed by atoms with Crippen molar-refractivity contribution in [1.82, 2.24) is 5.43 Å². The molecule has 0 aliphatic rings. The fourth-order valence-electron chi connectivity index (χ4n) is 1.32. The predicted octanol–water partition coefficient (Wildman–Crippen LogP) is 1.50. The lowest BCUT2D eigenvalue weighted by Crippen LogP contribution is -2.42. The van der Waals surface area contributed by atoms with Crippen LogP contribution in [-0.4, -0.2) is 12.0 Å². The normalized spacial score (nSPS) is 12.0. The standard InChI is InChI=1S/C11H14F2N2O2/c1-2-3-10(11(16)15-14)17-9-5-4-7(12)6-8(9)13/h4-6,10H,2-3,14H2,1H3,(H,15,16). The molecular weight excluding hydrogens is 230 g/mol. The average molecular weight is 244 g/mol. The van der Waals surface area contributed by atoms with E-state index in [9.17, 15) is 13.6 Å². The van der Waals surface area contributed by atoms with Crippen LogP contribution in [0.15, 0.2) is 18.2 Å². The Morgan fingerprint density at radius 1 is 1.53 bits per heavy atom. The van der Waals surface area contributed by atoms with Crippen molar-refractivity contribution in [3.05, 3.63) is 29.8 Å². The minimum Gasteiger partial charge on any atom is -0.477 e. The Labute approximate surface area is 97.7 Å².